The van der Waals surface area contributed by atoms with Crippen molar-refractivity contribution in [2.24, 2.45) is 0 Å². The number of carbonyl (C=O) groups is 1. The lowest BCUT2D eigenvalue weighted by Crippen LogP contribution is -2.05. The van der Waals surface area contributed by atoms with Crippen molar-refractivity contribution in [1.29, 1.82) is 0 Å². The number of carbonyl (C=O) groups excluding carboxylic acids is 1. The van der Waals surface area contributed by atoms with E-state index in [1.54, 1.807) is 0 Å². The van der Waals surface area contributed by atoms with Crippen LogP contribution in [0.15, 0.2) is 114 Å². The molecular formula is C31H24N4OS. The lowest BCUT2D eigenvalue weighted by atomic mass is 10.0. The first-order valence-corrected chi connectivity index (χ1v) is 13.1. The highest BCUT2D eigenvalue weighted by molar-refractivity contribution is 7.99. The van der Waals surface area contributed by atoms with E-state index >= 15 is 0 Å². The number of nitrogens with one attached hydrogen (secondary N) is 1. The number of aryl methyl sites for hydroxylation is 1. The molecule has 6 heteroatoms. The molecule has 0 spiro atoms. The summed E-state index contributed by atoms with van der Waals surface area (Å²) in [5.41, 5.74) is 7.03. The summed E-state index contributed by atoms with van der Waals surface area (Å²) in [7, 11) is 0. The van der Waals surface area contributed by atoms with Crippen LogP contribution in [0.1, 0.15) is 15.9 Å². The fourth-order valence-electron chi connectivity index (χ4n) is 4.49. The Kier molecular flexibility index (Phi) is 6.16. The summed E-state index contributed by atoms with van der Waals surface area (Å²) in [5.74, 6) is 1.06. The molecule has 0 atom stereocenters. The minimum atomic E-state index is 0.0528. The van der Waals surface area contributed by atoms with E-state index in [9.17, 15) is 4.79 Å². The molecule has 0 fully saturated rings. The van der Waals surface area contributed by atoms with Gasteiger partial charge in [-0.1, -0.05) is 96.7 Å². The second-order valence-electron chi connectivity index (χ2n) is 8.88. The summed E-state index contributed by atoms with van der Waals surface area (Å²) in [4.78, 5) is 16.4. The number of hydrogen-bond acceptors (Lipinski definition) is 4. The van der Waals surface area contributed by atoms with Gasteiger partial charge in [0.05, 0.1) is 5.75 Å². The maximum Gasteiger partial charge on any atom is 0.196 e. The van der Waals surface area contributed by atoms with Crippen LogP contribution in [0.4, 0.5) is 0 Å². The van der Waals surface area contributed by atoms with Crippen molar-refractivity contribution in [1.82, 2.24) is 19.7 Å². The SMILES string of the molecule is Cc1cccc(-n2c(SCC(=O)c3ccc(-c4ccccc4)cc3)nnc2-c2c[nH]c3ccccc23)c1. The number of aromatic amines is 1. The maximum absolute atomic E-state index is 13.1. The van der Waals surface area contributed by atoms with Crippen LogP contribution >= 0.6 is 11.8 Å². The van der Waals surface area contributed by atoms with Crippen molar-refractivity contribution < 1.29 is 4.79 Å². The van der Waals surface area contributed by atoms with Gasteiger partial charge in [0.25, 0.3) is 0 Å². The Morgan fingerprint density at radius 2 is 1.59 bits per heavy atom. The molecule has 0 aliphatic heterocycles. The number of para-hydroxylation sites is 1. The summed E-state index contributed by atoms with van der Waals surface area (Å²) >= 11 is 1.40. The number of rotatable bonds is 7. The third kappa shape index (κ3) is 4.59. The third-order valence-corrected chi connectivity index (χ3v) is 7.30. The molecule has 0 aliphatic rings. The summed E-state index contributed by atoms with van der Waals surface area (Å²) in [5, 5.41) is 10.8. The summed E-state index contributed by atoms with van der Waals surface area (Å²) in [6, 6.07) is 34.3. The third-order valence-electron chi connectivity index (χ3n) is 6.37. The molecule has 1 N–H and O–H groups in total. The standard InChI is InChI=1S/C31H24N4OS/c1-21-8-7-11-25(18-21)35-30(27-19-32-28-13-6-5-12-26(27)28)33-34-31(35)37-20-29(36)24-16-14-23(15-17-24)22-9-3-2-4-10-22/h2-19,32H,20H2,1H3. The maximum atomic E-state index is 13.1. The summed E-state index contributed by atoms with van der Waals surface area (Å²) in [6.45, 7) is 2.06. The van der Waals surface area contributed by atoms with E-state index in [4.69, 9.17) is 0 Å². The van der Waals surface area contributed by atoms with Crippen LogP contribution < -0.4 is 0 Å². The predicted octanol–water partition coefficient (Wildman–Crippen LogP) is 7.37. The van der Waals surface area contributed by atoms with E-state index in [0.29, 0.717) is 10.7 Å². The second-order valence-corrected chi connectivity index (χ2v) is 9.83. The van der Waals surface area contributed by atoms with E-state index in [1.807, 2.05) is 83.6 Å². The quantitative estimate of drug-likeness (QED) is 0.184. The normalized spacial score (nSPS) is 11.2. The van der Waals surface area contributed by atoms with Gasteiger partial charge in [0.1, 0.15) is 0 Å². The molecular weight excluding hydrogens is 476 g/mol. The topological polar surface area (TPSA) is 63.6 Å². The van der Waals surface area contributed by atoms with Crippen LogP contribution in [0.5, 0.6) is 0 Å². The average molecular weight is 501 g/mol. The van der Waals surface area contributed by atoms with Crippen molar-refractivity contribution in [2.75, 3.05) is 5.75 Å². The van der Waals surface area contributed by atoms with Gasteiger partial charge < -0.3 is 4.98 Å². The molecule has 0 radical (unpaired) electrons. The first-order valence-electron chi connectivity index (χ1n) is 12.1. The Hall–Kier alpha value is -4.42. The summed E-state index contributed by atoms with van der Waals surface area (Å²) in [6.07, 6.45) is 1.97. The first-order chi connectivity index (χ1) is 18.2. The van der Waals surface area contributed by atoms with Crippen LogP contribution in [-0.4, -0.2) is 31.3 Å². The fraction of sp³-hybridized carbons (Fsp3) is 0.0645. The van der Waals surface area contributed by atoms with Crippen LogP contribution in [0.3, 0.4) is 0 Å². The Bertz CT molecular complexity index is 1700. The van der Waals surface area contributed by atoms with Crippen molar-refractivity contribution in [3.05, 3.63) is 120 Å². The molecule has 6 aromatic rings. The Labute approximate surface area is 219 Å². The van der Waals surface area contributed by atoms with Gasteiger partial charge >= 0.3 is 0 Å². The first kappa shape index (κ1) is 23.0. The minimum absolute atomic E-state index is 0.0528. The molecule has 2 heterocycles. The number of ketones is 1. The molecule has 0 bridgehead atoms. The van der Waals surface area contributed by atoms with E-state index in [1.165, 1.54) is 11.8 Å². The van der Waals surface area contributed by atoms with Gasteiger partial charge in [0.15, 0.2) is 16.8 Å². The molecule has 0 saturated heterocycles. The monoisotopic (exact) mass is 500 g/mol. The van der Waals surface area contributed by atoms with Crippen LogP contribution in [-0.2, 0) is 0 Å². The van der Waals surface area contributed by atoms with Gasteiger partial charge in [-0.2, -0.15) is 0 Å². The molecule has 4 aromatic carbocycles. The molecule has 2 aromatic heterocycles. The lowest BCUT2D eigenvalue weighted by Gasteiger charge is -2.11. The van der Waals surface area contributed by atoms with Crippen molar-refractivity contribution in [3.8, 4) is 28.2 Å². The zero-order valence-corrected chi connectivity index (χ0v) is 21.1. The largest absolute Gasteiger partial charge is 0.360 e. The van der Waals surface area contributed by atoms with Crippen LogP contribution in [0.25, 0.3) is 39.1 Å². The molecule has 180 valence electrons. The van der Waals surface area contributed by atoms with Crippen LogP contribution in [0.2, 0.25) is 0 Å². The number of benzene rings is 4. The predicted molar refractivity (Wildman–Crippen MR) is 150 cm³/mol. The van der Waals surface area contributed by atoms with Gasteiger partial charge in [-0.15, -0.1) is 10.2 Å². The lowest BCUT2D eigenvalue weighted by molar-refractivity contribution is 0.102. The number of thioether (sulfide) groups is 1. The fourth-order valence-corrected chi connectivity index (χ4v) is 5.33. The molecule has 0 unspecified atom stereocenters. The Balaban J connectivity index is 1.30. The van der Waals surface area contributed by atoms with E-state index < -0.39 is 0 Å². The zero-order valence-electron chi connectivity index (χ0n) is 20.3. The van der Waals surface area contributed by atoms with Crippen LogP contribution in [0, 0.1) is 6.92 Å². The van der Waals surface area contributed by atoms with Gasteiger partial charge in [-0.3, -0.25) is 9.36 Å². The molecule has 0 aliphatic carbocycles. The second kappa shape index (κ2) is 9.91. The van der Waals surface area contributed by atoms with Gasteiger partial charge in [-0.25, -0.2) is 0 Å². The van der Waals surface area contributed by atoms with E-state index in [-0.39, 0.29) is 11.5 Å². The highest BCUT2D eigenvalue weighted by Crippen LogP contribution is 2.33. The molecule has 5 nitrogen and oxygen atoms in total. The number of fused-ring (bicyclic) bond motifs is 1. The van der Waals surface area contributed by atoms with Gasteiger partial charge in [-0.05, 0) is 41.8 Å². The molecule has 0 amide bonds. The highest BCUT2D eigenvalue weighted by Gasteiger charge is 2.20. The van der Waals surface area contributed by atoms with Gasteiger partial charge in [0, 0.05) is 33.9 Å². The Morgan fingerprint density at radius 3 is 2.41 bits per heavy atom. The number of aromatic nitrogens is 4. The molecule has 6 rings (SSSR count). The number of nitrogens with zero attached hydrogens (tertiary/aromatic N) is 3. The minimum Gasteiger partial charge on any atom is -0.360 e. The summed E-state index contributed by atoms with van der Waals surface area (Å²) < 4.78 is 2.04. The van der Waals surface area contributed by atoms with Crippen molar-refractivity contribution >= 4 is 28.4 Å². The number of Topliss-reactive ketones (excluding diaryl/α,β-unsaturated/α-hetero) is 1. The zero-order chi connectivity index (χ0) is 25.2. The molecule has 0 saturated carbocycles. The average Bonchev–Trinajstić information content (AvgIpc) is 3.56. The van der Waals surface area contributed by atoms with Gasteiger partial charge in [0.2, 0.25) is 0 Å². The Morgan fingerprint density at radius 1 is 0.838 bits per heavy atom. The van der Waals surface area contributed by atoms with E-state index in [2.05, 4.69) is 52.4 Å². The smallest absolute Gasteiger partial charge is 0.196 e. The number of hydrogen-bond donors (Lipinski definition) is 1. The van der Waals surface area contributed by atoms with E-state index in [0.717, 1.165) is 44.7 Å². The highest BCUT2D eigenvalue weighted by atomic mass is 32.2. The van der Waals surface area contributed by atoms with Crippen molar-refractivity contribution in [3.63, 3.8) is 0 Å². The van der Waals surface area contributed by atoms with Crippen molar-refractivity contribution in [2.45, 2.75) is 12.1 Å². The number of H-pyrrole nitrogens is 1. The molecule has 37 heavy (non-hydrogen) atoms.